The van der Waals surface area contributed by atoms with Crippen LogP contribution in [0.15, 0.2) is 30.6 Å². The zero-order chi connectivity index (χ0) is 29.2. The standard InChI is InChI=1S/C31H38FN7O2S/c1-21(32)30(40)39-15-14-38(17-23(39)8-11-33)29-25-9-13-37(28-7-3-5-22-10-16-42-20-26(22)28)18-27(25)34-31(35-29)41-19-24-6-4-12-36(24)2/h3,5,7,23-24H,1,4,6,8-10,12-20H2,2H3/t23-,24-/m0/s1. The zero-order valence-corrected chi connectivity index (χ0v) is 25.0. The van der Waals surface area contributed by atoms with Gasteiger partial charge in [-0.25, -0.2) is 4.39 Å². The maximum absolute atomic E-state index is 13.8. The van der Waals surface area contributed by atoms with Crippen molar-refractivity contribution in [3.8, 4) is 12.1 Å². The van der Waals surface area contributed by atoms with Gasteiger partial charge >= 0.3 is 6.01 Å². The number of amides is 1. The van der Waals surface area contributed by atoms with E-state index in [0.29, 0.717) is 38.3 Å². The van der Waals surface area contributed by atoms with E-state index in [4.69, 9.17) is 14.7 Å². The van der Waals surface area contributed by atoms with Gasteiger partial charge in [-0.3, -0.25) is 4.79 Å². The van der Waals surface area contributed by atoms with Gasteiger partial charge < -0.3 is 24.3 Å². The second-order valence-electron chi connectivity index (χ2n) is 11.6. The summed E-state index contributed by atoms with van der Waals surface area (Å²) in [4.78, 5) is 30.7. The molecule has 11 heteroatoms. The van der Waals surface area contributed by atoms with Gasteiger partial charge in [-0.15, -0.1) is 0 Å². The van der Waals surface area contributed by atoms with Crippen LogP contribution < -0.4 is 14.5 Å². The van der Waals surface area contributed by atoms with Crippen molar-refractivity contribution in [1.29, 1.82) is 5.26 Å². The van der Waals surface area contributed by atoms with Crippen LogP contribution in [0.25, 0.3) is 0 Å². The lowest BCUT2D eigenvalue weighted by atomic mass is 9.99. The summed E-state index contributed by atoms with van der Waals surface area (Å²) in [7, 11) is 2.12. The average molecular weight is 592 g/mol. The molecule has 4 aliphatic heterocycles. The summed E-state index contributed by atoms with van der Waals surface area (Å²) in [6, 6.07) is 9.06. The second-order valence-corrected chi connectivity index (χ2v) is 12.7. The molecular weight excluding hydrogens is 553 g/mol. The van der Waals surface area contributed by atoms with Gasteiger partial charge in [0.1, 0.15) is 12.4 Å². The van der Waals surface area contributed by atoms with Gasteiger partial charge in [-0.05, 0) is 62.2 Å². The number of nitrogens with zero attached hydrogens (tertiary/aromatic N) is 7. The quantitative estimate of drug-likeness (QED) is 0.447. The molecule has 0 unspecified atom stereocenters. The summed E-state index contributed by atoms with van der Waals surface area (Å²) in [5, 5.41) is 9.49. The first kappa shape index (κ1) is 28.7. The van der Waals surface area contributed by atoms with Crippen LogP contribution in [-0.2, 0) is 29.9 Å². The first-order valence-electron chi connectivity index (χ1n) is 14.9. The normalized spacial score (nSPS) is 22.4. The van der Waals surface area contributed by atoms with E-state index in [1.54, 1.807) is 0 Å². The summed E-state index contributed by atoms with van der Waals surface area (Å²) in [6.07, 6.45) is 4.22. The molecule has 0 saturated carbocycles. The molecular formula is C31H38FN7O2S. The molecule has 2 aromatic rings. The van der Waals surface area contributed by atoms with E-state index in [0.717, 1.165) is 67.4 Å². The van der Waals surface area contributed by atoms with E-state index in [-0.39, 0.29) is 13.0 Å². The highest BCUT2D eigenvalue weighted by molar-refractivity contribution is 7.98. The number of likely N-dealkylation sites (tertiary alicyclic amines) is 1. The van der Waals surface area contributed by atoms with Gasteiger partial charge in [0, 0.05) is 49.2 Å². The number of ether oxygens (including phenoxy) is 1. The third-order valence-corrected chi connectivity index (χ3v) is 10.0. The van der Waals surface area contributed by atoms with Crippen LogP contribution in [0.3, 0.4) is 0 Å². The van der Waals surface area contributed by atoms with Gasteiger partial charge in [-0.2, -0.15) is 27.0 Å². The highest BCUT2D eigenvalue weighted by Gasteiger charge is 2.35. The molecule has 4 aliphatic rings. The minimum atomic E-state index is -1.00. The predicted molar refractivity (Wildman–Crippen MR) is 162 cm³/mol. The Labute approximate surface area is 251 Å². The van der Waals surface area contributed by atoms with Gasteiger partial charge in [0.25, 0.3) is 5.91 Å². The first-order valence-corrected chi connectivity index (χ1v) is 16.0. The lowest BCUT2D eigenvalue weighted by molar-refractivity contribution is -0.131. The monoisotopic (exact) mass is 591 g/mol. The van der Waals surface area contributed by atoms with Crippen molar-refractivity contribution in [1.82, 2.24) is 19.8 Å². The van der Waals surface area contributed by atoms with E-state index >= 15 is 0 Å². The van der Waals surface area contributed by atoms with Crippen molar-refractivity contribution < 1.29 is 13.9 Å². The van der Waals surface area contributed by atoms with Crippen LogP contribution in [0.4, 0.5) is 15.9 Å². The molecule has 1 aromatic carbocycles. The number of halogens is 1. The van der Waals surface area contributed by atoms with Gasteiger partial charge in [0.2, 0.25) is 0 Å². The fourth-order valence-corrected chi connectivity index (χ4v) is 7.75. The number of anilines is 2. The number of carbonyl (C=O) groups excluding carboxylic acids is 1. The van der Waals surface area contributed by atoms with Crippen molar-refractivity contribution in [3.05, 3.63) is 53.0 Å². The van der Waals surface area contributed by atoms with Crippen LogP contribution in [0.2, 0.25) is 0 Å². The predicted octanol–water partition coefficient (Wildman–Crippen LogP) is 3.72. The molecule has 0 spiro atoms. The van der Waals surface area contributed by atoms with Crippen LogP contribution >= 0.6 is 11.8 Å². The Bertz CT molecular complexity index is 1400. The largest absolute Gasteiger partial charge is 0.462 e. The maximum atomic E-state index is 13.8. The van der Waals surface area contributed by atoms with Crippen LogP contribution in [0, 0.1) is 11.3 Å². The van der Waals surface area contributed by atoms with E-state index < -0.39 is 17.8 Å². The van der Waals surface area contributed by atoms with E-state index in [1.807, 2.05) is 11.8 Å². The summed E-state index contributed by atoms with van der Waals surface area (Å²) in [6.45, 7) is 7.43. The molecule has 222 valence electrons. The highest BCUT2D eigenvalue weighted by Crippen LogP contribution is 2.37. The summed E-state index contributed by atoms with van der Waals surface area (Å²) in [5.41, 5.74) is 6.20. The Balaban J connectivity index is 1.31. The molecule has 1 aromatic heterocycles. The molecule has 6 rings (SSSR count). The fraction of sp³-hybridized carbons (Fsp3) is 0.548. The number of hydrogen-bond donors (Lipinski definition) is 0. The van der Waals surface area contributed by atoms with Gasteiger partial charge in [0.15, 0.2) is 5.83 Å². The lowest BCUT2D eigenvalue weighted by Gasteiger charge is -2.42. The van der Waals surface area contributed by atoms with Crippen LogP contribution in [0.1, 0.15) is 41.6 Å². The average Bonchev–Trinajstić information content (AvgIpc) is 3.43. The van der Waals surface area contributed by atoms with Crippen molar-refractivity contribution in [2.24, 2.45) is 0 Å². The Morgan fingerprint density at radius 3 is 2.83 bits per heavy atom. The summed E-state index contributed by atoms with van der Waals surface area (Å²) >= 11 is 1.99. The van der Waals surface area contributed by atoms with Crippen molar-refractivity contribution in [2.75, 3.05) is 61.9 Å². The third kappa shape index (κ3) is 5.79. The number of benzene rings is 1. The number of likely N-dealkylation sites (N-methyl/N-ethyl adjacent to an activating group) is 1. The van der Waals surface area contributed by atoms with E-state index in [2.05, 4.69) is 52.6 Å². The Hall–Kier alpha value is -3.36. The van der Waals surface area contributed by atoms with E-state index in [9.17, 15) is 14.4 Å². The zero-order valence-electron chi connectivity index (χ0n) is 24.2. The van der Waals surface area contributed by atoms with Crippen molar-refractivity contribution in [2.45, 2.75) is 56.5 Å². The molecule has 2 saturated heterocycles. The topological polar surface area (TPSA) is 88.8 Å². The molecule has 1 amide bonds. The summed E-state index contributed by atoms with van der Waals surface area (Å²) in [5.74, 6) is 1.25. The number of thioether (sulfide) groups is 1. The maximum Gasteiger partial charge on any atom is 0.318 e. The first-order chi connectivity index (χ1) is 20.4. The summed E-state index contributed by atoms with van der Waals surface area (Å²) < 4.78 is 20.0. The molecule has 0 radical (unpaired) electrons. The Morgan fingerprint density at radius 1 is 1.17 bits per heavy atom. The number of nitriles is 1. The smallest absolute Gasteiger partial charge is 0.318 e. The van der Waals surface area contributed by atoms with Gasteiger partial charge in [-0.1, -0.05) is 18.7 Å². The molecule has 9 nitrogen and oxygen atoms in total. The number of rotatable bonds is 7. The van der Waals surface area contributed by atoms with Crippen molar-refractivity contribution >= 4 is 29.2 Å². The van der Waals surface area contributed by atoms with Gasteiger partial charge in [0.05, 0.1) is 30.8 Å². The van der Waals surface area contributed by atoms with Crippen LogP contribution in [-0.4, -0.2) is 89.9 Å². The SMILES string of the molecule is C=C(F)C(=O)N1CCN(c2nc(OC[C@@H]3CCCN3C)nc3c2CCN(c2cccc4c2CSCC4)C3)C[C@@H]1CC#N. The molecule has 5 heterocycles. The molecule has 42 heavy (non-hydrogen) atoms. The minimum absolute atomic E-state index is 0.102. The fourth-order valence-electron chi connectivity index (χ4n) is 6.71. The van der Waals surface area contributed by atoms with Crippen molar-refractivity contribution in [3.63, 3.8) is 0 Å². The Kier molecular flexibility index (Phi) is 8.54. The number of aryl methyl sites for hydroxylation is 1. The number of piperazine rings is 1. The number of fused-ring (bicyclic) bond motifs is 2. The third-order valence-electron chi connectivity index (χ3n) is 9.05. The lowest BCUT2D eigenvalue weighted by Crippen LogP contribution is -2.55. The molecule has 0 aliphatic carbocycles. The van der Waals surface area contributed by atoms with E-state index in [1.165, 1.54) is 21.7 Å². The molecule has 0 bridgehead atoms. The Morgan fingerprint density at radius 2 is 2.05 bits per heavy atom. The number of hydrogen-bond acceptors (Lipinski definition) is 9. The van der Waals surface area contributed by atoms with Crippen LogP contribution in [0.5, 0.6) is 6.01 Å². The number of carbonyl (C=O) groups is 1. The minimum Gasteiger partial charge on any atom is -0.462 e. The molecule has 0 N–H and O–H groups in total. The molecule has 2 fully saturated rings. The highest BCUT2D eigenvalue weighted by atomic mass is 32.2. The second kappa shape index (κ2) is 12.5. The number of aromatic nitrogens is 2. The molecule has 2 atom stereocenters.